The van der Waals surface area contributed by atoms with Crippen molar-refractivity contribution in [2.24, 2.45) is 17.6 Å². The van der Waals surface area contributed by atoms with Gasteiger partial charge in [0.1, 0.15) is 0 Å². The molecule has 0 heterocycles. The van der Waals surface area contributed by atoms with Crippen LogP contribution in [0.4, 0.5) is 30.7 Å². The Morgan fingerprint density at radius 3 is 2.15 bits per heavy atom. The second-order valence-electron chi connectivity index (χ2n) is 7.83. The number of aryl methyl sites for hydroxylation is 1. The van der Waals surface area contributed by atoms with Gasteiger partial charge in [-0.2, -0.15) is 26.3 Å². The monoisotopic (exact) mass is 397 g/mol. The fourth-order valence-corrected chi connectivity index (χ4v) is 4.97. The van der Waals surface area contributed by atoms with Gasteiger partial charge in [0, 0.05) is 11.6 Å². The normalized spacial score (nSPS) is 27.7. The number of halogens is 7. The van der Waals surface area contributed by atoms with Gasteiger partial charge in [-0.1, -0.05) is 18.2 Å². The molecule has 3 unspecified atom stereocenters. The number of hydrogen-bond donors (Lipinski definition) is 1. The fraction of sp³-hybridized carbons (Fsp3) is 0.684. The van der Waals surface area contributed by atoms with Crippen LogP contribution in [0.1, 0.15) is 55.2 Å². The molecule has 0 saturated heterocycles. The summed E-state index contributed by atoms with van der Waals surface area (Å²) in [6.45, 7) is 1.92. The Labute approximate surface area is 153 Å². The third-order valence-corrected chi connectivity index (χ3v) is 6.26. The molecule has 0 bridgehead atoms. The van der Waals surface area contributed by atoms with Crippen LogP contribution in [0.2, 0.25) is 0 Å². The molecule has 0 aliphatic heterocycles. The van der Waals surface area contributed by atoms with Gasteiger partial charge in [0.25, 0.3) is 0 Å². The van der Waals surface area contributed by atoms with Crippen LogP contribution in [0.3, 0.4) is 0 Å². The van der Waals surface area contributed by atoms with E-state index in [4.69, 9.17) is 5.73 Å². The highest BCUT2D eigenvalue weighted by Gasteiger charge is 2.73. The average molecular weight is 397 g/mol. The van der Waals surface area contributed by atoms with Gasteiger partial charge >= 0.3 is 18.0 Å². The molecular weight excluding hydrogens is 375 g/mol. The van der Waals surface area contributed by atoms with Gasteiger partial charge in [-0.25, -0.2) is 4.39 Å². The highest BCUT2D eigenvalue weighted by molar-refractivity contribution is 5.40. The van der Waals surface area contributed by atoms with E-state index in [-0.39, 0.29) is 23.8 Å². The average Bonchev–Trinajstić information content (AvgIpc) is 2.87. The number of alkyl halides is 7. The molecule has 8 heteroatoms. The van der Waals surface area contributed by atoms with Gasteiger partial charge < -0.3 is 5.73 Å². The first-order chi connectivity index (χ1) is 12.4. The molecule has 3 rings (SSSR count). The third kappa shape index (κ3) is 3.23. The zero-order valence-corrected chi connectivity index (χ0v) is 14.8. The van der Waals surface area contributed by atoms with Crippen LogP contribution >= 0.6 is 0 Å². The molecule has 0 aromatic heterocycles. The molecule has 2 aliphatic carbocycles. The number of rotatable bonds is 2. The molecule has 2 N–H and O–H groups in total. The molecule has 4 atom stereocenters. The van der Waals surface area contributed by atoms with E-state index in [0.717, 1.165) is 30.9 Å². The van der Waals surface area contributed by atoms with Crippen molar-refractivity contribution in [3.63, 3.8) is 0 Å². The maximum atomic E-state index is 14.4. The van der Waals surface area contributed by atoms with Crippen LogP contribution in [0.15, 0.2) is 18.2 Å². The minimum Gasteiger partial charge on any atom is -0.328 e. The van der Waals surface area contributed by atoms with Crippen LogP contribution < -0.4 is 5.73 Å². The molecule has 1 saturated carbocycles. The van der Waals surface area contributed by atoms with Crippen molar-refractivity contribution >= 4 is 0 Å². The van der Waals surface area contributed by atoms with E-state index >= 15 is 0 Å². The SMILES string of the molecule is CC(N)[C@@H]1CCC2c3ccc(C(F)(C(F)(F)F)C(F)(F)F)cc3CCCC21. The molecule has 0 spiro atoms. The number of benzene rings is 1. The Balaban J connectivity index is 2.04. The summed E-state index contributed by atoms with van der Waals surface area (Å²) in [7, 11) is 0. The minimum absolute atomic E-state index is 0.0187. The van der Waals surface area contributed by atoms with E-state index in [0.29, 0.717) is 24.5 Å². The summed E-state index contributed by atoms with van der Waals surface area (Å²) in [6, 6.07) is 2.68. The lowest BCUT2D eigenvalue weighted by Crippen LogP contribution is -2.50. The van der Waals surface area contributed by atoms with E-state index in [1.165, 1.54) is 6.07 Å². The number of nitrogens with two attached hydrogens (primary N) is 1. The molecule has 1 fully saturated rings. The molecule has 1 aromatic carbocycles. The second kappa shape index (κ2) is 6.64. The van der Waals surface area contributed by atoms with E-state index in [1.807, 2.05) is 6.92 Å². The Hall–Kier alpha value is -1.31. The van der Waals surface area contributed by atoms with E-state index < -0.39 is 23.6 Å². The first kappa shape index (κ1) is 20.4. The first-order valence-electron chi connectivity index (χ1n) is 9.09. The topological polar surface area (TPSA) is 26.0 Å². The van der Waals surface area contributed by atoms with Crippen LogP contribution in [0, 0.1) is 11.8 Å². The predicted molar refractivity (Wildman–Crippen MR) is 86.9 cm³/mol. The van der Waals surface area contributed by atoms with Crippen molar-refractivity contribution in [1.82, 2.24) is 0 Å². The number of hydrogen-bond acceptors (Lipinski definition) is 1. The van der Waals surface area contributed by atoms with E-state index in [9.17, 15) is 30.7 Å². The fourth-order valence-electron chi connectivity index (χ4n) is 4.97. The van der Waals surface area contributed by atoms with E-state index in [1.54, 1.807) is 0 Å². The van der Waals surface area contributed by atoms with Gasteiger partial charge in [0.2, 0.25) is 0 Å². The largest absolute Gasteiger partial charge is 0.435 e. The van der Waals surface area contributed by atoms with Crippen LogP contribution in [-0.4, -0.2) is 18.4 Å². The zero-order valence-electron chi connectivity index (χ0n) is 14.8. The van der Waals surface area contributed by atoms with Gasteiger partial charge in [0.05, 0.1) is 0 Å². The summed E-state index contributed by atoms with van der Waals surface area (Å²) in [5, 5.41) is 0. The Morgan fingerprint density at radius 1 is 0.963 bits per heavy atom. The summed E-state index contributed by atoms with van der Waals surface area (Å²) in [4.78, 5) is 0. The van der Waals surface area contributed by atoms with Crippen molar-refractivity contribution in [2.75, 3.05) is 0 Å². The van der Waals surface area contributed by atoms with Gasteiger partial charge in [-0.05, 0) is 67.9 Å². The molecule has 0 radical (unpaired) electrons. The quantitative estimate of drug-likeness (QED) is 0.630. The Kier molecular flexibility index (Phi) is 5.02. The first-order valence-corrected chi connectivity index (χ1v) is 9.09. The van der Waals surface area contributed by atoms with Crippen molar-refractivity contribution in [3.8, 4) is 0 Å². The highest BCUT2D eigenvalue weighted by Crippen LogP contribution is 2.55. The summed E-state index contributed by atoms with van der Waals surface area (Å²) < 4.78 is 92.6. The molecule has 1 nitrogen and oxygen atoms in total. The highest BCUT2D eigenvalue weighted by atomic mass is 19.4. The summed E-state index contributed by atoms with van der Waals surface area (Å²) in [5.74, 6) is 0.599. The standard InChI is InChI=1S/C19H22F7N/c1-10(27)13-7-8-16-14-6-5-12(9-11(14)3-2-4-15(13)16)17(20,18(21,22)23)19(24,25)26/h5-6,9-10,13,15-16H,2-4,7-8,27H2,1H3/t10?,13-,15?,16?/m0/s1. The van der Waals surface area contributed by atoms with Crippen molar-refractivity contribution in [1.29, 1.82) is 0 Å². The lowest BCUT2D eigenvalue weighted by atomic mass is 9.80. The van der Waals surface area contributed by atoms with Crippen molar-refractivity contribution in [3.05, 3.63) is 34.9 Å². The maximum Gasteiger partial charge on any atom is 0.435 e. The van der Waals surface area contributed by atoms with Crippen LogP contribution in [0.25, 0.3) is 0 Å². The van der Waals surface area contributed by atoms with Crippen LogP contribution in [0.5, 0.6) is 0 Å². The van der Waals surface area contributed by atoms with E-state index in [2.05, 4.69) is 0 Å². The molecule has 2 aliphatic rings. The van der Waals surface area contributed by atoms with Crippen LogP contribution in [-0.2, 0) is 12.1 Å². The van der Waals surface area contributed by atoms with Gasteiger partial charge in [-0.15, -0.1) is 0 Å². The molecule has 27 heavy (non-hydrogen) atoms. The molecule has 1 aromatic rings. The molecule has 0 amide bonds. The third-order valence-electron chi connectivity index (χ3n) is 6.26. The summed E-state index contributed by atoms with van der Waals surface area (Å²) >= 11 is 0. The zero-order chi connectivity index (χ0) is 20.2. The minimum atomic E-state index is -6.08. The van der Waals surface area contributed by atoms with Gasteiger partial charge in [0.15, 0.2) is 0 Å². The second-order valence-corrected chi connectivity index (χ2v) is 7.83. The van der Waals surface area contributed by atoms with Crippen molar-refractivity contribution < 1.29 is 30.7 Å². The number of fused-ring (bicyclic) bond motifs is 3. The predicted octanol–water partition coefficient (Wildman–Crippen LogP) is 5.77. The molecular formula is C19H22F7N. The summed E-state index contributed by atoms with van der Waals surface area (Å²) in [6.07, 6.45) is -8.69. The molecule has 152 valence electrons. The Morgan fingerprint density at radius 2 is 1.59 bits per heavy atom. The van der Waals surface area contributed by atoms with Crippen molar-refractivity contribution in [2.45, 2.75) is 69.0 Å². The lowest BCUT2D eigenvalue weighted by Gasteiger charge is -2.31. The summed E-state index contributed by atoms with van der Waals surface area (Å²) in [5.41, 5.74) is 0.431. The smallest absolute Gasteiger partial charge is 0.328 e. The maximum absolute atomic E-state index is 14.4. The lowest BCUT2D eigenvalue weighted by molar-refractivity contribution is -0.348. The Bertz CT molecular complexity index is 678. The van der Waals surface area contributed by atoms with Gasteiger partial charge in [-0.3, -0.25) is 0 Å².